The summed E-state index contributed by atoms with van der Waals surface area (Å²) in [4.78, 5) is 0. The summed E-state index contributed by atoms with van der Waals surface area (Å²) >= 11 is 0. The molecule has 0 bridgehead atoms. The van der Waals surface area contributed by atoms with Crippen molar-refractivity contribution in [2.75, 3.05) is 0 Å². The Hall–Kier alpha value is -0.0551. The van der Waals surface area contributed by atoms with Crippen LogP contribution in [0.15, 0.2) is 0 Å². The van der Waals surface area contributed by atoms with Gasteiger partial charge in [0.25, 0.3) is 0 Å². The molecule has 0 aromatic rings. The first-order valence-corrected chi connectivity index (χ1v) is 4.44. The molecule has 2 fully saturated rings. The van der Waals surface area contributed by atoms with Gasteiger partial charge < -0.3 is 14.2 Å². The summed E-state index contributed by atoms with van der Waals surface area (Å²) in [6.07, 6.45) is 0.870. The molecule has 4 heteroatoms. The summed E-state index contributed by atoms with van der Waals surface area (Å²) in [5, 5.41) is 0. The maximum atomic E-state index is 5.72. The molecule has 12 heavy (non-hydrogen) atoms. The van der Waals surface area contributed by atoms with Crippen LogP contribution in [-0.2, 0) is 14.2 Å². The zero-order chi connectivity index (χ0) is 8.72. The second kappa shape index (κ2) is 3.02. The maximum Gasteiger partial charge on any atom is 0.156 e. The largest absolute Gasteiger partial charge is 0.379 e. The van der Waals surface area contributed by atoms with Crippen LogP contribution in [0, 0.1) is 0 Å². The Morgan fingerprint density at radius 1 is 1.17 bits per heavy atom. The van der Waals surface area contributed by atoms with Crippen LogP contribution in [0.5, 0.6) is 0 Å². The van der Waals surface area contributed by atoms with E-state index in [0.29, 0.717) is 0 Å². The van der Waals surface area contributed by atoms with Gasteiger partial charge in [-0.2, -0.15) is 0 Å². The van der Waals surface area contributed by atoms with Crippen molar-refractivity contribution in [3.63, 3.8) is 0 Å². The van der Waals surface area contributed by atoms with Crippen molar-refractivity contribution >= 4 is 7.85 Å². The molecular formula is C8H13BO3. The van der Waals surface area contributed by atoms with E-state index in [4.69, 9.17) is 22.1 Å². The summed E-state index contributed by atoms with van der Waals surface area (Å²) in [7, 11) is 5.72. The van der Waals surface area contributed by atoms with E-state index in [1.165, 1.54) is 0 Å². The first-order chi connectivity index (χ1) is 5.72. The van der Waals surface area contributed by atoms with Gasteiger partial charge in [0.2, 0.25) is 0 Å². The Labute approximate surface area is 73.8 Å². The van der Waals surface area contributed by atoms with Crippen molar-refractivity contribution in [1.82, 2.24) is 0 Å². The van der Waals surface area contributed by atoms with Crippen LogP contribution in [0.4, 0.5) is 0 Å². The van der Waals surface area contributed by atoms with Crippen LogP contribution in [-0.4, -0.2) is 38.5 Å². The number of ether oxygens (including phenoxy) is 3. The fourth-order valence-electron chi connectivity index (χ4n) is 1.88. The van der Waals surface area contributed by atoms with Crippen molar-refractivity contribution in [2.45, 2.75) is 50.9 Å². The molecule has 2 rings (SSSR count). The molecule has 2 aliphatic heterocycles. The molecule has 2 saturated heterocycles. The minimum Gasteiger partial charge on any atom is -0.379 e. The Morgan fingerprint density at radius 2 is 1.83 bits per heavy atom. The van der Waals surface area contributed by atoms with Crippen LogP contribution in [0.1, 0.15) is 20.3 Å². The van der Waals surface area contributed by atoms with Gasteiger partial charge in [-0.1, -0.05) is 6.92 Å². The van der Waals surface area contributed by atoms with Crippen molar-refractivity contribution in [2.24, 2.45) is 0 Å². The molecule has 0 aromatic heterocycles. The van der Waals surface area contributed by atoms with Crippen LogP contribution in [0.3, 0.4) is 0 Å². The highest BCUT2D eigenvalue weighted by Gasteiger charge is 2.48. The molecule has 0 saturated carbocycles. The van der Waals surface area contributed by atoms with Crippen molar-refractivity contribution in [3.05, 3.63) is 0 Å². The Bertz CT molecular complexity index is 176. The monoisotopic (exact) mass is 168 g/mol. The smallest absolute Gasteiger partial charge is 0.156 e. The van der Waals surface area contributed by atoms with Gasteiger partial charge in [0.15, 0.2) is 6.29 Å². The normalized spacial score (nSPS) is 52.7. The van der Waals surface area contributed by atoms with Crippen molar-refractivity contribution in [3.8, 4) is 0 Å². The third kappa shape index (κ3) is 1.18. The van der Waals surface area contributed by atoms with E-state index in [-0.39, 0.29) is 30.6 Å². The lowest BCUT2D eigenvalue weighted by molar-refractivity contribution is -0.107. The number of hydrogen-bond acceptors (Lipinski definition) is 3. The topological polar surface area (TPSA) is 27.7 Å². The average molecular weight is 168 g/mol. The van der Waals surface area contributed by atoms with Gasteiger partial charge in [-0.15, -0.1) is 0 Å². The molecular weight excluding hydrogens is 155 g/mol. The summed E-state index contributed by atoms with van der Waals surface area (Å²) in [6.45, 7) is 3.95. The van der Waals surface area contributed by atoms with Gasteiger partial charge in [0.1, 0.15) is 20.1 Å². The second-order valence-electron chi connectivity index (χ2n) is 3.32. The van der Waals surface area contributed by atoms with Crippen LogP contribution >= 0.6 is 0 Å². The molecule has 5 unspecified atom stereocenters. The molecule has 0 aliphatic carbocycles. The molecule has 2 radical (unpaired) electrons. The van der Waals surface area contributed by atoms with Gasteiger partial charge >= 0.3 is 0 Å². The third-order valence-electron chi connectivity index (χ3n) is 2.45. The van der Waals surface area contributed by atoms with Gasteiger partial charge in [-0.25, -0.2) is 0 Å². The van der Waals surface area contributed by atoms with E-state index in [1.54, 1.807) is 0 Å². The van der Waals surface area contributed by atoms with E-state index in [9.17, 15) is 0 Å². The quantitative estimate of drug-likeness (QED) is 0.531. The summed E-state index contributed by atoms with van der Waals surface area (Å²) < 4.78 is 16.4. The summed E-state index contributed by atoms with van der Waals surface area (Å²) in [5.41, 5.74) is 0. The third-order valence-corrected chi connectivity index (χ3v) is 2.45. The zero-order valence-corrected chi connectivity index (χ0v) is 7.40. The van der Waals surface area contributed by atoms with E-state index in [2.05, 4.69) is 6.92 Å². The highest BCUT2D eigenvalue weighted by atomic mass is 16.8. The van der Waals surface area contributed by atoms with Crippen LogP contribution < -0.4 is 0 Å². The van der Waals surface area contributed by atoms with Gasteiger partial charge in [0, 0.05) is 6.00 Å². The molecule has 0 aromatic carbocycles. The van der Waals surface area contributed by atoms with Crippen molar-refractivity contribution < 1.29 is 14.2 Å². The summed E-state index contributed by atoms with van der Waals surface area (Å²) in [6, 6.07) is -0.315. The molecule has 5 atom stereocenters. The maximum absolute atomic E-state index is 5.72. The number of fused-ring (bicyclic) bond motifs is 1. The van der Waals surface area contributed by atoms with Gasteiger partial charge in [-0.05, 0) is 13.3 Å². The molecule has 0 spiro atoms. The van der Waals surface area contributed by atoms with Gasteiger partial charge in [0.05, 0.1) is 6.10 Å². The van der Waals surface area contributed by atoms with E-state index < -0.39 is 0 Å². The lowest BCUT2D eigenvalue weighted by Gasteiger charge is -2.15. The molecule has 2 aliphatic rings. The molecule has 2 heterocycles. The minimum absolute atomic E-state index is 0.0417. The summed E-state index contributed by atoms with van der Waals surface area (Å²) in [5.74, 6) is 0. The lowest BCUT2D eigenvalue weighted by atomic mass is 9.93. The molecule has 0 N–H and O–H groups in total. The van der Waals surface area contributed by atoms with E-state index in [0.717, 1.165) is 6.42 Å². The lowest BCUT2D eigenvalue weighted by Crippen LogP contribution is -2.29. The predicted octanol–water partition coefficient (Wildman–Crippen LogP) is 0.420. The highest BCUT2D eigenvalue weighted by Crippen LogP contribution is 2.33. The highest BCUT2D eigenvalue weighted by molar-refractivity contribution is 6.11. The first kappa shape index (κ1) is 8.54. The first-order valence-electron chi connectivity index (χ1n) is 4.44. The van der Waals surface area contributed by atoms with E-state index >= 15 is 0 Å². The fraction of sp³-hybridized carbons (Fsp3) is 1.00. The molecule has 3 nitrogen and oxygen atoms in total. The van der Waals surface area contributed by atoms with Crippen LogP contribution in [0.25, 0.3) is 0 Å². The predicted molar refractivity (Wildman–Crippen MR) is 43.9 cm³/mol. The standard InChI is InChI=1S/C8H13BO3/c1-3-5-6-7(8(9)12-5)11-4(2)10-6/h4-8H,3H2,1-2H3. The van der Waals surface area contributed by atoms with Crippen LogP contribution in [0.2, 0.25) is 0 Å². The number of rotatable bonds is 1. The Kier molecular flexibility index (Phi) is 2.15. The van der Waals surface area contributed by atoms with E-state index in [1.807, 2.05) is 6.92 Å². The zero-order valence-electron chi connectivity index (χ0n) is 7.40. The SMILES string of the molecule is [B]C1OC(CC)C2OC(C)OC12. The van der Waals surface area contributed by atoms with Gasteiger partial charge in [-0.3, -0.25) is 0 Å². The molecule has 66 valence electrons. The second-order valence-corrected chi connectivity index (χ2v) is 3.32. The number of hydrogen-bond donors (Lipinski definition) is 0. The molecule has 0 amide bonds. The average Bonchev–Trinajstić information content (AvgIpc) is 2.52. The fourth-order valence-corrected chi connectivity index (χ4v) is 1.88. The Morgan fingerprint density at radius 3 is 2.50 bits per heavy atom. The minimum atomic E-state index is -0.315. The van der Waals surface area contributed by atoms with Crippen molar-refractivity contribution in [1.29, 1.82) is 0 Å². The Balaban J connectivity index is 2.08.